The van der Waals surface area contributed by atoms with E-state index in [1.54, 1.807) is 53.7 Å². The van der Waals surface area contributed by atoms with Gasteiger partial charge < -0.3 is 14.6 Å². The minimum atomic E-state index is -3.56. The predicted octanol–water partition coefficient (Wildman–Crippen LogP) is 2.90. The highest BCUT2D eigenvalue weighted by Crippen LogP contribution is 2.25. The maximum absolute atomic E-state index is 12.7. The van der Waals surface area contributed by atoms with Crippen LogP contribution in [0.5, 0.6) is 0 Å². The Morgan fingerprint density at radius 1 is 1.24 bits per heavy atom. The zero-order chi connectivity index (χ0) is 20.6. The molecule has 0 fully saturated rings. The van der Waals surface area contributed by atoms with E-state index < -0.39 is 15.9 Å². The van der Waals surface area contributed by atoms with Gasteiger partial charge in [-0.05, 0) is 36.4 Å². The SMILES string of the molecule is CC(C)c1cnc(-c2ccc(NC(=O)C3=CC=CN4CCS(=O)(=O)N=C34)cc2)o1. The second kappa shape index (κ2) is 7.32. The molecule has 9 heteroatoms. The molecule has 4 rings (SSSR count). The molecule has 1 amide bonds. The molecule has 0 bridgehead atoms. The number of carbonyl (C=O) groups is 1. The summed E-state index contributed by atoms with van der Waals surface area (Å²) in [4.78, 5) is 18.7. The van der Waals surface area contributed by atoms with Crippen LogP contribution in [0.4, 0.5) is 5.69 Å². The van der Waals surface area contributed by atoms with Crippen LogP contribution in [-0.4, -0.2) is 42.3 Å². The topological polar surface area (TPSA) is 105 Å². The van der Waals surface area contributed by atoms with Crippen LogP contribution >= 0.6 is 0 Å². The van der Waals surface area contributed by atoms with Crippen LogP contribution in [0.1, 0.15) is 25.5 Å². The number of aromatic nitrogens is 1. The molecule has 2 aliphatic heterocycles. The van der Waals surface area contributed by atoms with Gasteiger partial charge in [-0.15, -0.1) is 4.40 Å². The van der Waals surface area contributed by atoms with Gasteiger partial charge >= 0.3 is 0 Å². The zero-order valence-corrected chi connectivity index (χ0v) is 16.8. The van der Waals surface area contributed by atoms with Crippen LogP contribution in [0.2, 0.25) is 0 Å². The van der Waals surface area contributed by atoms with Gasteiger partial charge in [0, 0.05) is 29.9 Å². The second-order valence-electron chi connectivity index (χ2n) is 7.07. The fourth-order valence-electron chi connectivity index (χ4n) is 2.97. The Morgan fingerprint density at radius 2 is 2.00 bits per heavy atom. The van der Waals surface area contributed by atoms with Crippen LogP contribution < -0.4 is 5.32 Å². The van der Waals surface area contributed by atoms with E-state index in [4.69, 9.17) is 4.42 Å². The number of allylic oxidation sites excluding steroid dienone is 2. The van der Waals surface area contributed by atoms with Crippen molar-refractivity contribution in [1.29, 1.82) is 0 Å². The van der Waals surface area contributed by atoms with Crippen molar-refractivity contribution >= 4 is 27.5 Å². The summed E-state index contributed by atoms with van der Waals surface area (Å²) in [5.41, 5.74) is 1.56. The Labute approximate surface area is 168 Å². The molecular formula is C20H20N4O4S. The first-order chi connectivity index (χ1) is 13.8. The molecule has 3 heterocycles. The first-order valence-electron chi connectivity index (χ1n) is 9.18. The predicted molar refractivity (Wildman–Crippen MR) is 110 cm³/mol. The van der Waals surface area contributed by atoms with Gasteiger partial charge in [-0.1, -0.05) is 13.8 Å². The molecule has 0 saturated carbocycles. The minimum absolute atomic E-state index is 0.0729. The minimum Gasteiger partial charge on any atom is -0.441 e. The first kappa shape index (κ1) is 19.1. The molecule has 1 N–H and O–H groups in total. The normalized spacial score (nSPS) is 17.6. The Kier molecular flexibility index (Phi) is 4.83. The molecule has 1 aromatic heterocycles. The highest BCUT2D eigenvalue weighted by molar-refractivity contribution is 7.90. The van der Waals surface area contributed by atoms with E-state index in [-0.39, 0.29) is 29.6 Å². The molecule has 8 nitrogen and oxygen atoms in total. The van der Waals surface area contributed by atoms with Crippen LogP contribution in [0, 0.1) is 0 Å². The molecule has 150 valence electrons. The largest absolute Gasteiger partial charge is 0.441 e. The number of nitrogens with one attached hydrogen (secondary N) is 1. The maximum Gasteiger partial charge on any atom is 0.259 e. The van der Waals surface area contributed by atoms with Crippen LogP contribution in [0.25, 0.3) is 11.5 Å². The lowest BCUT2D eigenvalue weighted by Gasteiger charge is -2.28. The summed E-state index contributed by atoms with van der Waals surface area (Å²) < 4.78 is 33.2. The van der Waals surface area contributed by atoms with Gasteiger partial charge in [0.25, 0.3) is 15.9 Å². The van der Waals surface area contributed by atoms with E-state index in [1.165, 1.54) is 0 Å². The smallest absolute Gasteiger partial charge is 0.259 e. The first-order valence-corrected chi connectivity index (χ1v) is 10.8. The molecule has 1 aromatic carbocycles. The summed E-state index contributed by atoms with van der Waals surface area (Å²) in [6.07, 6.45) is 6.67. The summed E-state index contributed by atoms with van der Waals surface area (Å²) in [7, 11) is -3.56. The lowest BCUT2D eigenvalue weighted by Crippen LogP contribution is -2.40. The van der Waals surface area contributed by atoms with Crippen LogP contribution in [-0.2, 0) is 14.8 Å². The number of amidine groups is 1. The summed E-state index contributed by atoms with van der Waals surface area (Å²) in [6.45, 7) is 4.33. The fourth-order valence-corrected chi connectivity index (χ4v) is 3.96. The number of oxazole rings is 1. The monoisotopic (exact) mass is 412 g/mol. The Hall–Kier alpha value is -3.20. The van der Waals surface area contributed by atoms with E-state index in [0.717, 1.165) is 11.3 Å². The second-order valence-corrected chi connectivity index (χ2v) is 8.82. The van der Waals surface area contributed by atoms with Crippen molar-refractivity contribution in [3.05, 3.63) is 60.1 Å². The van der Waals surface area contributed by atoms with E-state index in [1.807, 2.05) is 13.8 Å². The molecule has 2 aromatic rings. The lowest BCUT2D eigenvalue weighted by atomic mass is 10.1. The number of carbonyl (C=O) groups excluding carboxylic acids is 1. The number of nitrogens with zero attached hydrogens (tertiary/aromatic N) is 3. The van der Waals surface area contributed by atoms with Gasteiger partial charge in [0.15, 0.2) is 5.84 Å². The van der Waals surface area contributed by atoms with Crippen molar-refractivity contribution in [3.63, 3.8) is 0 Å². The summed E-state index contributed by atoms with van der Waals surface area (Å²) in [5.74, 6) is 1.22. The Bertz CT molecular complexity index is 1140. The van der Waals surface area contributed by atoms with Gasteiger partial charge in [0.2, 0.25) is 5.89 Å². The van der Waals surface area contributed by atoms with Crippen LogP contribution in [0.15, 0.2) is 63.2 Å². The molecule has 0 atom stereocenters. The number of hydrogen-bond acceptors (Lipinski definition) is 6. The van der Waals surface area contributed by atoms with E-state index in [0.29, 0.717) is 11.6 Å². The lowest BCUT2D eigenvalue weighted by molar-refractivity contribution is -0.112. The van der Waals surface area contributed by atoms with Crippen molar-refractivity contribution < 1.29 is 17.6 Å². The maximum atomic E-state index is 12.7. The van der Waals surface area contributed by atoms with E-state index >= 15 is 0 Å². The van der Waals surface area contributed by atoms with Crippen molar-refractivity contribution in [2.45, 2.75) is 19.8 Å². The molecule has 0 radical (unpaired) electrons. The molecule has 29 heavy (non-hydrogen) atoms. The Balaban J connectivity index is 1.52. The van der Waals surface area contributed by atoms with E-state index in [2.05, 4.69) is 14.7 Å². The highest BCUT2D eigenvalue weighted by atomic mass is 32.2. The standard InChI is InChI=1S/C20H20N4O4S/c1-13(2)17-12-21-20(28-17)14-5-7-15(8-6-14)22-19(25)16-4-3-9-24-10-11-29(26,27)23-18(16)24/h3-9,12-13H,10-11H2,1-2H3,(H,22,25). The zero-order valence-electron chi connectivity index (χ0n) is 16.0. The van der Waals surface area contributed by atoms with Gasteiger partial charge in [0.05, 0.1) is 17.5 Å². The summed E-state index contributed by atoms with van der Waals surface area (Å²) in [5, 5.41) is 2.78. The number of sulfonamides is 1. The van der Waals surface area contributed by atoms with Gasteiger partial charge in [-0.3, -0.25) is 4.79 Å². The number of benzene rings is 1. The highest BCUT2D eigenvalue weighted by Gasteiger charge is 2.30. The van der Waals surface area contributed by atoms with Gasteiger partial charge in [0.1, 0.15) is 5.76 Å². The van der Waals surface area contributed by atoms with Gasteiger partial charge in [-0.25, -0.2) is 13.4 Å². The third-order valence-electron chi connectivity index (χ3n) is 4.58. The number of rotatable bonds is 4. The molecular weight excluding hydrogens is 392 g/mol. The molecule has 2 aliphatic rings. The number of fused-ring (bicyclic) bond motifs is 1. The number of amides is 1. The molecule has 0 unspecified atom stereocenters. The summed E-state index contributed by atoms with van der Waals surface area (Å²) in [6, 6.07) is 7.08. The third kappa shape index (κ3) is 4.00. The average Bonchev–Trinajstić information content (AvgIpc) is 3.18. The van der Waals surface area contributed by atoms with Crippen LogP contribution in [0.3, 0.4) is 0 Å². The van der Waals surface area contributed by atoms with Crippen molar-refractivity contribution in [2.75, 3.05) is 17.6 Å². The number of anilines is 1. The molecule has 0 spiro atoms. The van der Waals surface area contributed by atoms with Crippen molar-refractivity contribution in [3.8, 4) is 11.5 Å². The van der Waals surface area contributed by atoms with Gasteiger partial charge in [-0.2, -0.15) is 0 Å². The molecule has 0 aliphatic carbocycles. The quantitative estimate of drug-likeness (QED) is 0.828. The molecule has 0 saturated heterocycles. The van der Waals surface area contributed by atoms with Crippen molar-refractivity contribution in [2.24, 2.45) is 4.40 Å². The Morgan fingerprint density at radius 3 is 2.69 bits per heavy atom. The number of hydrogen-bond donors (Lipinski definition) is 1. The third-order valence-corrected chi connectivity index (χ3v) is 5.73. The average molecular weight is 412 g/mol. The van der Waals surface area contributed by atoms with Crippen molar-refractivity contribution in [1.82, 2.24) is 9.88 Å². The summed E-state index contributed by atoms with van der Waals surface area (Å²) >= 11 is 0. The fraction of sp³-hybridized carbons (Fsp3) is 0.250. The van der Waals surface area contributed by atoms with E-state index in [9.17, 15) is 13.2 Å².